The standard InChI is InChI=1S/C16H13Cl2F6N3O2S/c17-12-3-1-10(2-4-12)9-27(30(28,29)16(22,23)24)6-5-25-14-13(18)7-11(8-26-14)15(19,20)21/h1-4,7-8H,5-6,9H2,(H,25,26). The molecule has 0 aliphatic heterocycles. The van der Waals surface area contributed by atoms with Gasteiger partial charge in [-0.1, -0.05) is 35.3 Å². The van der Waals surface area contributed by atoms with Crippen molar-refractivity contribution in [1.29, 1.82) is 0 Å². The van der Waals surface area contributed by atoms with Crippen LogP contribution in [-0.2, 0) is 22.7 Å². The molecular weight excluding hydrogens is 483 g/mol. The van der Waals surface area contributed by atoms with Crippen molar-refractivity contribution >= 4 is 39.0 Å². The van der Waals surface area contributed by atoms with E-state index < -0.39 is 51.9 Å². The van der Waals surface area contributed by atoms with E-state index in [4.69, 9.17) is 23.2 Å². The van der Waals surface area contributed by atoms with Gasteiger partial charge in [-0.15, -0.1) is 0 Å². The fraction of sp³-hybridized carbons (Fsp3) is 0.312. The number of sulfonamides is 1. The monoisotopic (exact) mass is 495 g/mol. The van der Waals surface area contributed by atoms with E-state index in [-0.39, 0.29) is 15.7 Å². The topological polar surface area (TPSA) is 62.3 Å². The largest absolute Gasteiger partial charge is 0.511 e. The van der Waals surface area contributed by atoms with Crippen LogP contribution >= 0.6 is 23.2 Å². The maximum Gasteiger partial charge on any atom is 0.511 e. The fourth-order valence-corrected chi connectivity index (χ4v) is 3.55. The van der Waals surface area contributed by atoms with Gasteiger partial charge in [0.1, 0.15) is 5.82 Å². The molecule has 1 aromatic heterocycles. The predicted molar refractivity (Wildman–Crippen MR) is 99.6 cm³/mol. The molecule has 0 fully saturated rings. The van der Waals surface area contributed by atoms with Crippen molar-refractivity contribution in [1.82, 2.24) is 9.29 Å². The molecule has 1 N–H and O–H groups in total. The zero-order valence-corrected chi connectivity index (χ0v) is 17.1. The Bertz CT molecular complexity index is 982. The lowest BCUT2D eigenvalue weighted by atomic mass is 10.2. The van der Waals surface area contributed by atoms with Gasteiger partial charge in [0, 0.05) is 30.9 Å². The first kappa shape index (κ1) is 24.5. The van der Waals surface area contributed by atoms with Crippen molar-refractivity contribution < 1.29 is 34.8 Å². The van der Waals surface area contributed by atoms with Crippen LogP contribution in [0.1, 0.15) is 11.1 Å². The quantitative estimate of drug-likeness (QED) is 0.538. The van der Waals surface area contributed by atoms with Crippen LogP contribution in [0.3, 0.4) is 0 Å². The summed E-state index contributed by atoms with van der Waals surface area (Å²) < 4.78 is 101. The highest BCUT2D eigenvalue weighted by Crippen LogP contribution is 2.32. The van der Waals surface area contributed by atoms with Gasteiger partial charge in [0.05, 0.1) is 10.6 Å². The highest BCUT2D eigenvalue weighted by molar-refractivity contribution is 7.89. The lowest BCUT2D eigenvalue weighted by Gasteiger charge is -2.23. The molecule has 30 heavy (non-hydrogen) atoms. The number of aromatic nitrogens is 1. The molecule has 0 spiro atoms. The number of anilines is 1. The molecule has 5 nitrogen and oxygen atoms in total. The molecule has 0 radical (unpaired) electrons. The van der Waals surface area contributed by atoms with Gasteiger partial charge in [-0.3, -0.25) is 0 Å². The SMILES string of the molecule is O=S(=O)(N(CCNc1ncc(C(F)(F)F)cc1Cl)Cc1ccc(Cl)cc1)C(F)(F)F. The zero-order valence-electron chi connectivity index (χ0n) is 14.7. The van der Waals surface area contributed by atoms with Gasteiger partial charge < -0.3 is 5.32 Å². The molecule has 14 heteroatoms. The molecule has 2 rings (SSSR count). The Morgan fingerprint density at radius 2 is 1.63 bits per heavy atom. The van der Waals surface area contributed by atoms with Crippen molar-refractivity contribution in [3.05, 3.63) is 57.7 Å². The molecule has 0 atom stereocenters. The summed E-state index contributed by atoms with van der Waals surface area (Å²) in [5.74, 6) is -0.236. The number of benzene rings is 1. The average Bonchev–Trinajstić information content (AvgIpc) is 2.62. The Morgan fingerprint density at radius 1 is 1.03 bits per heavy atom. The molecule has 1 heterocycles. The zero-order chi connectivity index (χ0) is 22.7. The van der Waals surface area contributed by atoms with Crippen LogP contribution in [-0.4, -0.2) is 36.3 Å². The lowest BCUT2D eigenvalue weighted by molar-refractivity contribution is -0.137. The second kappa shape index (κ2) is 9.16. The number of hydrogen-bond donors (Lipinski definition) is 1. The van der Waals surface area contributed by atoms with Crippen LogP contribution in [0.5, 0.6) is 0 Å². The van der Waals surface area contributed by atoms with Crippen LogP contribution in [0.2, 0.25) is 10.0 Å². The van der Waals surface area contributed by atoms with E-state index in [9.17, 15) is 34.8 Å². The highest BCUT2D eigenvalue weighted by atomic mass is 35.5. The van der Waals surface area contributed by atoms with Gasteiger partial charge >= 0.3 is 21.7 Å². The Labute approximate surface area is 177 Å². The first-order valence-corrected chi connectivity index (χ1v) is 10.2. The van der Waals surface area contributed by atoms with E-state index in [0.717, 1.165) is 0 Å². The smallest absolute Gasteiger partial charge is 0.368 e. The Hall–Kier alpha value is -1.76. The minimum atomic E-state index is -5.68. The molecule has 1 aromatic carbocycles. The summed E-state index contributed by atoms with van der Waals surface area (Å²) in [4.78, 5) is 3.48. The van der Waals surface area contributed by atoms with Gasteiger partial charge in [0.15, 0.2) is 0 Å². The summed E-state index contributed by atoms with van der Waals surface area (Å²) in [6.07, 6.45) is -4.18. The van der Waals surface area contributed by atoms with Crippen LogP contribution in [0.25, 0.3) is 0 Å². The van der Waals surface area contributed by atoms with E-state index in [2.05, 4.69) is 10.3 Å². The summed E-state index contributed by atoms with van der Waals surface area (Å²) >= 11 is 11.4. The summed E-state index contributed by atoms with van der Waals surface area (Å²) in [6, 6.07) is 6.10. The number of rotatable bonds is 7. The minimum absolute atomic E-state index is 0.182. The third-order valence-corrected chi connectivity index (χ3v) is 5.84. The van der Waals surface area contributed by atoms with Crippen LogP contribution in [0, 0.1) is 0 Å². The number of nitrogens with zero attached hydrogens (tertiary/aromatic N) is 2. The first-order chi connectivity index (χ1) is 13.7. The molecule has 166 valence electrons. The Balaban J connectivity index is 2.16. The number of alkyl halides is 6. The van der Waals surface area contributed by atoms with E-state index in [1.807, 2.05) is 0 Å². The Kier molecular flexibility index (Phi) is 7.49. The van der Waals surface area contributed by atoms with Crippen LogP contribution in [0.15, 0.2) is 36.5 Å². The summed E-state index contributed by atoms with van der Waals surface area (Å²) in [5, 5.41) is 2.33. The van der Waals surface area contributed by atoms with Gasteiger partial charge in [-0.2, -0.15) is 30.6 Å². The van der Waals surface area contributed by atoms with E-state index in [1.165, 1.54) is 24.3 Å². The summed E-state index contributed by atoms with van der Waals surface area (Å²) in [6.45, 7) is -1.67. The van der Waals surface area contributed by atoms with Gasteiger partial charge in [-0.05, 0) is 23.8 Å². The van der Waals surface area contributed by atoms with Gasteiger partial charge in [0.2, 0.25) is 0 Å². The normalized spacial score (nSPS) is 13.0. The number of pyridine rings is 1. The second-order valence-electron chi connectivity index (χ2n) is 5.89. The molecule has 0 amide bonds. The first-order valence-electron chi connectivity index (χ1n) is 7.99. The summed E-state index contributed by atoms with van der Waals surface area (Å²) in [7, 11) is -5.68. The minimum Gasteiger partial charge on any atom is -0.368 e. The van der Waals surface area contributed by atoms with E-state index in [0.29, 0.717) is 17.3 Å². The third-order valence-electron chi connectivity index (χ3n) is 3.73. The highest BCUT2D eigenvalue weighted by Gasteiger charge is 2.49. The average molecular weight is 496 g/mol. The Morgan fingerprint density at radius 3 is 2.13 bits per heavy atom. The number of nitrogens with one attached hydrogen (secondary N) is 1. The van der Waals surface area contributed by atoms with Crippen molar-refractivity contribution in [2.75, 3.05) is 18.4 Å². The maximum atomic E-state index is 13.0. The molecule has 0 aliphatic rings. The molecule has 0 bridgehead atoms. The fourth-order valence-electron chi connectivity index (χ4n) is 2.25. The van der Waals surface area contributed by atoms with Crippen molar-refractivity contribution in [2.45, 2.75) is 18.2 Å². The van der Waals surface area contributed by atoms with E-state index in [1.54, 1.807) is 0 Å². The molecule has 0 unspecified atom stereocenters. The maximum absolute atomic E-state index is 13.0. The predicted octanol–water partition coefficient (Wildman–Crippen LogP) is 5.17. The molecule has 0 aliphatic carbocycles. The van der Waals surface area contributed by atoms with E-state index >= 15 is 0 Å². The van der Waals surface area contributed by atoms with Crippen molar-refractivity contribution in [2.24, 2.45) is 0 Å². The molecule has 0 saturated carbocycles. The van der Waals surface area contributed by atoms with Crippen molar-refractivity contribution in [3.8, 4) is 0 Å². The summed E-state index contributed by atoms with van der Waals surface area (Å²) in [5.41, 5.74) is -6.40. The van der Waals surface area contributed by atoms with Gasteiger partial charge in [0.25, 0.3) is 0 Å². The lowest BCUT2D eigenvalue weighted by Crippen LogP contribution is -2.42. The number of hydrogen-bond acceptors (Lipinski definition) is 4. The second-order valence-corrected chi connectivity index (χ2v) is 8.66. The van der Waals surface area contributed by atoms with Crippen LogP contribution < -0.4 is 5.32 Å². The third kappa shape index (κ3) is 6.13. The molecular formula is C16H13Cl2F6N3O2S. The van der Waals surface area contributed by atoms with Crippen LogP contribution in [0.4, 0.5) is 32.2 Å². The van der Waals surface area contributed by atoms with Crippen molar-refractivity contribution in [3.63, 3.8) is 0 Å². The molecule has 0 saturated heterocycles. The molecule has 2 aromatic rings. The van der Waals surface area contributed by atoms with Gasteiger partial charge in [-0.25, -0.2) is 13.4 Å². The number of halogens is 8.